The summed E-state index contributed by atoms with van der Waals surface area (Å²) >= 11 is 1.57. The summed E-state index contributed by atoms with van der Waals surface area (Å²) in [5, 5.41) is 5.71. The molecule has 1 radical (unpaired) electrons. The molecule has 1 rings (SSSR count). The molecule has 0 saturated carbocycles. The van der Waals surface area contributed by atoms with E-state index in [0.29, 0.717) is 19.5 Å². The molecule has 0 saturated heterocycles. The summed E-state index contributed by atoms with van der Waals surface area (Å²) in [5.74, 6) is -0.0806. The predicted octanol–water partition coefficient (Wildman–Crippen LogP) is 0.380. The predicted molar refractivity (Wildman–Crippen MR) is 49.1 cm³/mol. The van der Waals surface area contributed by atoms with Gasteiger partial charge in [0, 0.05) is 11.4 Å². The van der Waals surface area contributed by atoms with Crippen LogP contribution in [0.1, 0.15) is 4.88 Å². The Morgan fingerprint density at radius 1 is 1.67 bits per heavy atom. The fourth-order valence-corrected chi connectivity index (χ4v) is 1.50. The summed E-state index contributed by atoms with van der Waals surface area (Å²) in [5.41, 5.74) is 5.21. The van der Waals surface area contributed by atoms with Crippen molar-refractivity contribution in [1.29, 1.82) is 0 Å². The lowest BCUT2D eigenvalue weighted by molar-refractivity contribution is -0.120. The van der Waals surface area contributed by atoms with Crippen LogP contribution in [0.4, 0.5) is 0 Å². The maximum atomic E-state index is 11.1. The van der Waals surface area contributed by atoms with Crippen LogP contribution in [0.5, 0.6) is 0 Å². The Morgan fingerprint density at radius 2 is 2.50 bits per heavy atom. The third-order valence-electron chi connectivity index (χ3n) is 1.32. The number of nitrogens with zero attached hydrogens (tertiary/aromatic N) is 1. The van der Waals surface area contributed by atoms with E-state index in [-0.39, 0.29) is 5.91 Å². The average molecular weight is 183 g/mol. The average Bonchev–Trinajstić information content (AvgIpc) is 2.53. The minimum atomic E-state index is -0.0806. The highest BCUT2D eigenvalue weighted by Crippen LogP contribution is 2.08. The molecule has 2 N–H and O–H groups in total. The molecular weight excluding hydrogens is 172 g/mol. The van der Waals surface area contributed by atoms with E-state index in [1.165, 1.54) is 0 Å². The molecule has 0 aliphatic rings. The van der Waals surface area contributed by atoms with E-state index in [9.17, 15) is 4.79 Å². The number of amides is 1. The van der Waals surface area contributed by atoms with E-state index in [1.54, 1.807) is 11.3 Å². The van der Waals surface area contributed by atoms with Gasteiger partial charge in [-0.2, -0.15) is 0 Å². The summed E-state index contributed by atoms with van der Waals surface area (Å²) in [4.78, 5) is 12.1. The van der Waals surface area contributed by atoms with E-state index >= 15 is 0 Å². The number of thiophene rings is 1. The van der Waals surface area contributed by atoms with Crippen LogP contribution < -0.4 is 11.1 Å². The zero-order valence-electron chi connectivity index (χ0n) is 6.69. The van der Waals surface area contributed by atoms with Gasteiger partial charge in [0.05, 0.1) is 13.0 Å². The van der Waals surface area contributed by atoms with Crippen LogP contribution in [0, 0.1) is 0 Å². The fourth-order valence-electron chi connectivity index (χ4n) is 0.807. The summed E-state index contributed by atoms with van der Waals surface area (Å²) in [6.07, 6.45) is 0.414. The van der Waals surface area contributed by atoms with Crippen LogP contribution in [0.15, 0.2) is 17.5 Å². The number of carbonyl (C=O) groups is 1. The molecule has 1 aromatic heterocycles. The fraction of sp³-hybridized carbons (Fsp3) is 0.375. The first-order chi connectivity index (χ1) is 5.83. The molecule has 0 fully saturated rings. The van der Waals surface area contributed by atoms with Crippen molar-refractivity contribution in [3.63, 3.8) is 0 Å². The smallest absolute Gasteiger partial charge is 0.246 e. The second-order valence-electron chi connectivity index (χ2n) is 2.32. The van der Waals surface area contributed by atoms with E-state index in [0.717, 1.165) is 4.88 Å². The van der Waals surface area contributed by atoms with Crippen molar-refractivity contribution in [3.8, 4) is 0 Å². The van der Waals surface area contributed by atoms with Gasteiger partial charge in [-0.3, -0.25) is 4.79 Å². The number of nitrogens with two attached hydrogens (primary N) is 1. The van der Waals surface area contributed by atoms with E-state index in [2.05, 4.69) is 5.32 Å². The van der Waals surface area contributed by atoms with Crippen LogP contribution >= 0.6 is 11.3 Å². The number of rotatable bonds is 4. The van der Waals surface area contributed by atoms with Gasteiger partial charge in [0.15, 0.2) is 0 Å². The third-order valence-corrected chi connectivity index (χ3v) is 2.20. The molecule has 4 heteroatoms. The Morgan fingerprint density at radius 3 is 3.08 bits per heavy atom. The first kappa shape index (κ1) is 9.22. The highest BCUT2D eigenvalue weighted by molar-refractivity contribution is 7.10. The molecule has 1 heterocycles. The monoisotopic (exact) mass is 183 g/mol. The van der Waals surface area contributed by atoms with E-state index < -0.39 is 0 Å². The summed E-state index contributed by atoms with van der Waals surface area (Å²) in [6, 6.07) is 3.86. The van der Waals surface area contributed by atoms with Gasteiger partial charge in [-0.05, 0) is 11.4 Å². The Kier molecular flexibility index (Phi) is 3.76. The minimum Gasteiger partial charge on any atom is -0.329 e. The van der Waals surface area contributed by atoms with Gasteiger partial charge in [-0.1, -0.05) is 6.07 Å². The van der Waals surface area contributed by atoms with Gasteiger partial charge < -0.3 is 5.73 Å². The van der Waals surface area contributed by atoms with E-state index in [4.69, 9.17) is 5.73 Å². The first-order valence-corrected chi connectivity index (χ1v) is 4.63. The van der Waals surface area contributed by atoms with Crippen molar-refractivity contribution in [1.82, 2.24) is 5.32 Å². The van der Waals surface area contributed by atoms with E-state index in [1.807, 2.05) is 17.5 Å². The standard InChI is InChI=1S/C8H11N2OS/c9-3-4-10-8(11)6-7-2-1-5-12-7/h1-2,5H,3-4,6,9H2. The van der Waals surface area contributed by atoms with Crippen molar-refractivity contribution in [2.24, 2.45) is 5.73 Å². The summed E-state index contributed by atoms with van der Waals surface area (Å²) in [6.45, 7) is 0.875. The lowest BCUT2D eigenvalue weighted by Crippen LogP contribution is -2.23. The molecular formula is C8H11N2OS. The topological polar surface area (TPSA) is 57.2 Å². The Labute approximate surface area is 75.6 Å². The SMILES string of the molecule is NCC[N]C(=O)Cc1cccs1. The molecule has 0 atom stereocenters. The zero-order valence-corrected chi connectivity index (χ0v) is 7.51. The van der Waals surface area contributed by atoms with Gasteiger partial charge in [-0.25, -0.2) is 5.32 Å². The summed E-state index contributed by atoms with van der Waals surface area (Å²) in [7, 11) is 0. The zero-order chi connectivity index (χ0) is 8.81. The molecule has 0 aliphatic heterocycles. The molecule has 65 valence electrons. The van der Waals surface area contributed by atoms with Crippen molar-refractivity contribution in [3.05, 3.63) is 22.4 Å². The minimum absolute atomic E-state index is 0.0806. The number of carbonyl (C=O) groups excluding carboxylic acids is 1. The van der Waals surface area contributed by atoms with Crippen molar-refractivity contribution in [2.75, 3.05) is 13.1 Å². The van der Waals surface area contributed by atoms with Crippen LogP contribution in [0.25, 0.3) is 0 Å². The molecule has 1 aromatic rings. The summed E-state index contributed by atoms with van der Waals surface area (Å²) < 4.78 is 0. The van der Waals surface area contributed by atoms with Gasteiger partial charge in [0.25, 0.3) is 0 Å². The largest absolute Gasteiger partial charge is 0.329 e. The maximum Gasteiger partial charge on any atom is 0.246 e. The van der Waals surface area contributed by atoms with Gasteiger partial charge >= 0.3 is 0 Å². The van der Waals surface area contributed by atoms with Gasteiger partial charge in [-0.15, -0.1) is 11.3 Å². The molecule has 1 amide bonds. The van der Waals surface area contributed by atoms with Crippen LogP contribution in [-0.2, 0) is 11.2 Å². The molecule has 0 unspecified atom stereocenters. The van der Waals surface area contributed by atoms with Crippen molar-refractivity contribution in [2.45, 2.75) is 6.42 Å². The molecule has 0 aromatic carbocycles. The molecule has 3 nitrogen and oxygen atoms in total. The maximum absolute atomic E-state index is 11.1. The second kappa shape index (κ2) is 4.90. The van der Waals surface area contributed by atoms with Crippen LogP contribution in [0.2, 0.25) is 0 Å². The number of hydrogen-bond donors (Lipinski definition) is 1. The highest BCUT2D eigenvalue weighted by atomic mass is 32.1. The second-order valence-corrected chi connectivity index (χ2v) is 3.35. The molecule has 12 heavy (non-hydrogen) atoms. The van der Waals surface area contributed by atoms with Crippen molar-refractivity contribution >= 4 is 17.2 Å². The lowest BCUT2D eigenvalue weighted by atomic mass is 10.3. The van der Waals surface area contributed by atoms with Crippen molar-refractivity contribution < 1.29 is 4.79 Å². The molecule has 0 bridgehead atoms. The van der Waals surface area contributed by atoms with Crippen LogP contribution in [-0.4, -0.2) is 19.0 Å². The van der Waals surface area contributed by atoms with Crippen LogP contribution in [0.3, 0.4) is 0 Å². The Balaban J connectivity index is 2.27. The first-order valence-electron chi connectivity index (χ1n) is 3.75. The Hall–Kier alpha value is -0.870. The third kappa shape index (κ3) is 3.02. The molecule has 0 spiro atoms. The molecule has 0 aliphatic carbocycles. The normalized spacial score (nSPS) is 9.75. The number of hydrogen-bond acceptors (Lipinski definition) is 3. The lowest BCUT2D eigenvalue weighted by Gasteiger charge is -1.97. The quantitative estimate of drug-likeness (QED) is 0.733. The van der Waals surface area contributed by atoms with Gasteiger partial charge in [0.2, 0.25) is 5.91 Å². The van der Waals surface area contributed by atoms with Gasteiger partial charge in [0.1, 0.15) is 0 Å². The Bertz CT molecular complexity index is 233. The highest BCUT2D eigenvalue weighted by Gasteiger charge is 2.03.